The Hall–Kier alpha value is -3.42. The van der Waals surface area contributed by atoms with Crippen LogP contribution in [0.4, 0.5) is 4.39 Å². The van der Waals surface area contributed by atoms with Gasteiger partial charge in [-0.1, -0.05) is 6.92 Å². The molecule has 0 fully saturated rings. The van der Waals surface area contributed by atoms with Crippen LogP contribution in [0.15, 0.2) is 64.0 Å². The molecule has 1 aromatic carbocycles. The quantitative estimate of drug-likeness (QED) is 0.644. The Morgan fingerprint density at radius 1 is 1.25 bits per heavy atom. The van der Waals surface area contributed by atoms with Crippen molar-refractivity contribution < 1.29 is 18.3 Å². The summed E-state index contributed by atoms with van der Waals surface area (Å²) < 4.78 is 25.1. The highest BCUT2D eigenvalue weighted by atomic mass is 19.1. The number of benzene rings is 1. The molecule has 2 aromatic heterocycles. The van der Waals surface area contributed by atoms with Crippen molar-refractivity contribution in [3.63, 3.8) is 0 Å². The highest BCUT2D eigenvalue weighted by Gasteiger charge is 2.19. The van der Waals surface area contributed by atoms with E-state index in [1.165, 1.54) is 36.4 Å². The second-order valence-electron chi connectivity index (χ2n) is 6.03. The number of carbonyl (C=O) groups excluding carboxylic acids is 1. The number of nitrogens with one attached hydrogen (secondary N) is 1. The molecule has 146 valence electrons. The summed E-state index contributed by atoms with van der Waals surface area (Å²) in [4.78, 5) is 24.4. The monoisotopic (exact) mass is 385 g/mol. The number of hydrogen-bond donors (Lipinski definition) is 1. The third-order valence-electron chi connectivity index (χ3n) is 4.02. The summed E-state index contributed by atoms with van der Waals surface area (Å²) in [5.74, 6) is 0.205. The van der Waals surface area contributed by atoms with Crippen LogP contribution in [0.25, 0.3) is 5.69 Å². The molecule has 0 unspecified atom stereocenters. The Morgan fingerprint density at radius 3 is 2.71 bits per heavy atom. The van der Waals surface area contributed by atoms with Crippen molar-refractivity contribution in [3.8, 4) is 11.6 Å². The van der Waals surface area contributed by atoms with Crippen LogP contribution in [-0.4, -0.2) is 28.3 Å². The molecule has 2 heterocycles. The van der Waals surface area contributed by atoms with Gasteiger partial charge in [0.05, 0.1) is 12.0 Å². The minimum Gasteiger partial charge on any atom is -0.469 e. The standard InChI is InChI=1S/C20H20FN3O4/c1-2-17(20(26)22-12-11-16-4-3-13-27-16)28-18-9-10-19(25)24(23-18)15-7-5-14(21)6-8-15/h3-10,13,17H,2,11-12H2,1H3,(H,22,26)/t17-/m0/s1. The zero-order chi connectivity index (χ0) is 19.9. The van der Waals surface area contributed by atoms with Crippen LogP contribution in [-0.2, 0) is 11.2 Å². The van der Waals surface area contributed by atoms with Gasteiger partial charge < -0.3 is 14.5 Å². The van der Waals surface area contributed by atoms with Crippen LogP contribution < -0.4 is 15.6 Å². The van der Waals surface area contributed by atoms with Crippen molar-refractivity contribution >= 4 is 5.91 Å². The van der Waals surface area contributed by atoms with Gasteiger partial charge in [-0.25, -0.2) is 4.39 Å². The predicted octanol–water partition coefficient (Wildman–Crippen LogP) is 2.48. The van der Waals surface area contributed by atoms with E-state index in [0.29, 0.717) is 25.1 Å². The SMILES string of the molecule is CC[C@H](Oc1ccc(=O)n(-c2ccc(F)cc2)n1)C(=O)NCCc1ccco1. The first kappa shape index (κ1) is 19.3. The van der Waals surface area contributed by atoms with E-state index in [0.717, 1.165) is 10.4 Å². The number of furan rings is 1. The number of amides is 1. The molecule has 0 aliphatic carbocycles. The van der Waals surface area contributed by atoms with Crippen LogP contribution in [0.1, 0.15) is 19.1 Å². The number of nitrogens with zero attached hydrogens (tertiary/aromatic N) is 2. The third kappa shape index (κ3) is 4.85. The molecule has 0 radical (unpaired) electrons. The number of carbonyl (C=O) groups is 1. The van der Waals surface area contributed by atoms with Gasteiger partial charge in [0.1, 0.15) is 11.6 Å². The largest absolute Gasteiger partial charge is 0.469 e. The molecule has 3 rings (SSSR count). The zero-order valence-corrected chi connectivity index (χ0v) is 15.3. The Kier molecular flexibility index (Phi) is 6.21. The molecule has 1 atom stereocenters. The molecular formula is C20H20FN3O4. The maximum atomic E-state index is 13.1. The highest BCUT2D eigenvalue weighted by Crippen LogP contribution is 2.11. The number of hydrogen-bond acceptors (Lipinski definition) is 5. The van der Waals surface area contributed by atoms with Gasteiger partial charge in [0, 0.05) is 25.1 Å². The van der Waals surface area contributed by atoms with E-state index in [1.54, 1.807) is 12.3 Å². The molecule has 0 saturated heterocycles. The van der Waals surface area contributed by atoms with E-state index < -0.39 is 17.5 Å². The predicted molar refractivity (Wildman–Crippen MR) is 99.9 cm³/mol. The first-order chi connectivity index (χ1) is 13.6. The maximum Gasteiger partial charge on any atom is 0.271 e. The topological polar surface area (TPSA) is 86.4 Å². The molecule has 7 nitrogen and oxygen atoms in total. The lowest BCUT2D eigenvalue weighted by molar-refractivity contribution is -0.128. The van der Waals surface area contributed by atoms with Crippen LogP contribution in [0.5, 0.6) is 5.88 Å². The second kappa shape index (κ2) is 8.98. The fourth-order valence-electron chi connectivity index (χ4n) is 2.57. The number of rotatable bonds is 8. The Bertz CT molecular complexity index is 968. The van der Waals surface area contributed by atoms with Gasteiger partial charge >= 0.3 is 0 Å². The van der Waals surface area contributed by atoms with E-state index in [1.807, 2.05) is 13.0 Å². The molecule has 0 saturated carbocycles. The van der Waals surface area contributed by atoms with Crippen LogP contribution >= 0.6 is 0 Å². The summed E-state index contributed by atoms with van der Waals surface area (Å²) >= 11 is 0. The Morgan fingerprint density at radius 2 is 2.04 bits per heavy atom. The van der Waals surface area contributed by atoms with Gasteiger partial charge in [-0.15, -0.1) is 5.10 Å². The average molecular weight is 385 g/mol. The summed E-state index contributed by atoms with van der Waals surface area (Å²) in [5, 5.41) is 6.92. The molecule has 1 N–H and O–H groups in total. The lowest BCUT2D eigenvalue weighted by Gasteiger charge is -2.17. The van der Waals surface area contributed by atoms with Gasteiger partial charge in [0.15, 0.2) is 6.10 Å². The molecule has 0 bridgehead atoms. The number of aromatic nitrogens is 2. The third-order valence-corrected chi connectivity index (χ3v) is 4.02. The Labute approximate surface area is 160 Å². The van der Waals surface area contributed by atoms with Gasteiger partial charge in [-0.05, 0) is 42.8 Å². The molecular weight excluding hydrogens is 365 g/mol. The van der Waals surface area contributed by atoms with Crippen LogP contribution in [0.3, 0.4) is 0 Å². The minimum atomic E-state index is -0.761. The number of halogens is 1. The van der Waals surface area contributed by atoms with Crippen molar-refractivity contribution in [1.29, 1.82) is 0 Å². The molecule has 0 spiro atoms. The van der Waals surface area contributed by atoms with Crippen molar-refractivity contribution in [2.24, 2.45) is 0 Å². The summed E-state index contributed by atoms with van der Waals surface area (Å²) in [6.45, 7) is 2.22. The van der Waals surface area contributed by atoms with Crippen molar-refractivity contribution in [3.05, 3.63) is 76.7 Å². The number of ether oxygens (including phenoxy) is 1. The summed E-state index contributed by atoms with van der Waals surface area (Å²) in [6, 6.07) is 11.7. The zero-order valence-electron chi connectivity index (χ0n) is 15.3. The van der Waals surface area contributed by atoms with E-state index in [-0.39, 0.29) is 11.8 Å². The van der Waals surface area contributed by atoms with Crippen LogP contribution in [0, 0.1) is 5.82 Å². The van der Waals surface area contributed by atoms with Crippen LogP contribution in [0.2, 0.25) is 0 Å². The van der Waals surface area contributed by atoms with Gasteiger partial charge in [0.25, 0.3) is 11.5 Å². The lowest BCUT2D eigenvalue weighted by Crippen LogP contribution is -2.39. The van der Waals surface area contributed by atoms with Gasteiger partial charge in [0.2, 0.25) is 5.88 Å². The molecule has 8 heteroatoms. The van der Waals surface area contributed by atoms with E-state index in [4.69, 9.17) is 9.15 Å². The summed E-state index contributed by atoms with van der Waals surface area (Å²) in [5.41, 5.74) is 0.00250. The summed E-state index contributed by atoms with van der Waals surface area (Å²) in [7, 11) is 0. The minimum absolute atomic E-state index is 0.122. The first-order valence-corrected chi connectivity index (χ1v) is 8.90. The van der Waals surface area contributed by atoms with Crippen molar-refractivity contribution in [2.75, 3.05) is 6.54 Å². The van der Waals surface area contributed by atoms with Crippen molar-refractivity contribution in [1.82, 2.24) is 15.1 Å². The Balaban J connectivity index is 1.66. The van der Waals surface area contributed by atoms with Gasteiger partial charge in [-0.3, -0.25) is 9.59 Å². The molecule has 1 amide bonds. The molecule has 0 aliphatic heterocycles. The second-order valence-corrected chi connectivity index (χ2v) is 6.03. The van der Waals surface area contributed by atoms with E-state index in [2.05, 4.69) is 10.4 Å². The normalized spacial score (nSPS) is 11.8. The molecule has 28 heavy (non-hydrogen) atoms. The fraction of sp³-hybridized carbons (Fsp3) is 0.250. The molecule has 3 aromatic rings. The first-order valence-electron chi connectivity index (χ1n) is 8.90. The van der Waals surface area contributed by atoms with Crippen molar-refractivity contribution in [2.45, 2.75) is 25.9 Å². The summed E-state index contributed by atoms with van der Waals surface area (Å²) in [6.07, 6.45) is 1.81. The van der Waals surface area contributed by atoms with E-state index in [9.17, 15) is 14.0 Å². The fourth-order valence-corrected chi connectivity index (χ4v) is 2.57. The lowest BCUT2D eigenvalue weighted by atomic mass is 10.2. The smallest absolute Gasteiger partial charge is 0.271 e. The van der Waals surface area contributed by atoms with E-state index >= 15 is 0 Å². The highest BCUT2D eigenvalue weighted by molar-refractivity contribution is 5.81. The molecule has 0 aliphatic rings. The maximum absolute atomic E-state index is 13.1. The average Bonchev–Trinajstić information content (AvgIpc) is 3.21. The van der Waals surface area contributed by atoms with Gasteiger partial charge in [-0.2, -0.15) is 4.68 Å².